The second-order valence-corrected chi connectivity index (χ2v) is 11.1. The summed E-state index contributed by atoms with van der Waals surface area (Å²) in [6, 6.07) is 22.3. The van der Waals surface area contributed by atoms with Crippen LogP contribution in [0.4, 0.5) is 5.69 Å². The van der Waals surface area contributed by atoms with Crippen LogP contribution in [0.25, 0.3) is 11.1 Å². The topological polar surface area (TPSA) is 103 Å². The van der Waals surface area contributed by atoms with Crippen LogP contribution < -0.4 is 10.1 Å². The minimum atomic E-state index is -0.906. The number of nitrogens with zero attached hydrogens (tertiary/aromatic N) is 1. The van der Waals surface area contributed by atoms with Crippen molar-refractivity contribution in [2.45, 2.75) is 57.0 Å². The van der Waals surface area contributed by atoms with Gasteiger partial charge in [-0.05, 0) is 98.0 Å². The zero-order chi connectivity index (χ0) is 26.9. The number of aliphatic carboxylic acids is 1. The molecule has 1 aliphatic carbocycles. The van der Waals surface area contributed by atoms with E-state index in [1.54, 1.807) is 19.9 Å². The number of fused-ring (bicyclic) bond motifs is 2. The maximum atomic E-state index is 11.0. The van der Waals surface area contributed by atoms with Crippen molar-refractivity contribution in [1.29, 1.82) is 5.26 Å². The zero-order valence-electron chi connectivity index (χ0n) is 22.0. The molecule has 0 amide bonds. The van der Waals surface area contributed by atoms with Gasteiger partial charge >= 0.3 is 5.97 Å². The van der Waals surface area contributed by atoms with E-state index in [-0.39, 0.29) is 11.8 Å². The van der Waals surface area contributed by atoms with E-state index in [0.717, 1.165) is 53.1 Å². The molecule has 1 saturated carbocycles. The van der Waals surface area contributed by atoms with Gasteiger partial charge < -0.3 is 20.3 Å². The first kappa shape index (κ1) is 25.8. The van der Waals surface area contributed by atoms with Crippen LogP contribution in [0.3, 0.4) is 0 Å². The van der Waals surface area contributed by atoms with Gasteiger partial charge in [0.15, 0.2) is 0 Å². The largest absolute Gasteiger partial charge is 0.493 e. The van der Waals surface area contributed by atoms with Crippen molar-refractivity contribution in [3.8, 4) is 22.9 Å². The minimum Gasteiger partial charge on any atom is -0.493 e. The summed E-state index contributed by atoms with van der Waals surface area (Å²) in [4.78, 5) is 11.0. The Morgan fingerprint density at radius 3 is 2.74 bits per heavy atom. The van der Waals surface area contributed by atoms with Gasteiger partial charge in [-0.3, -0.25) is 4.79 Å². The lowest BCUT2D eigenvalue weighted by molar-refractivity contribution is -0.137. The number of aliphatic hydroxyl groups is 1. The fourth-order valence-corrected chi connectivity index (χ4v) is 5.76. The monoisotopic (exact) mass is 510 g/mol. The third-order valence-electron chi connectivity index (χ3n) is 8.07. The number of hydrogen-bond donors (Lipinski definition) is 3. The molecular weight excluding hydrogens is 476 g/mol. The fraction of sp³-hybridized carbons (Fsp3) is 0.375. The van der Waals surface area contributed by atoms with E-state index in [0.29, 0.717) is 30.9 Å². The molecule has 0 unspecified atom stereocenters. The van der Waals surface area contributed by atoms with Crippen LogP contribution in [0.2, 0.25) is 0 Å². The van der Waals surface area contributed by atoms with Crippen LogP contribution in [0.1, 0.15) is 61.8 Å². The first-order valence-electron chi connectivity index (χ1n) is 13.3. The van der Waals surface area contributed by atoms with E-state index < -0.39 is 11.6 Å². The molecule has 38 heavy (non-hydrogen) atoms. The second kappa shape index (κ2) is 10.2. The van der Waals surface area contributed by atoms with Crippen LogP contribution in [-0.2, 0) is 22.2 Å². The lowest BCUT2D eigenvalue weighted by Gasteiger charge is -2.28. The van der Waals surface area contributed by atoms with E-state index in [1.807, 2.05) is 24.3 Å². The molecule has 3 aromatic rings. The molecule has 0 radical (unpaired) electrons. The van der Waals surface area contributed by atoms with Crippen molar-refractivity contribution < 1.29 is 19.7 Å². The molecule has 6 heteroatoms. The number of carbonyl (C=O) groups is 1. The number of carboxylic acid groups (broad SMARTS) is 1. The first-order chi connectivity index (χ1) is 18.2. The number of carboxylic acids is 1. The molecule has 1 aliphatic heterocycles. The highest BCUT2D eigenvalue weighted by molar-refractivity contribution is 5.69. The second-order valence-electron chi connectivity index (χ2n) is 11.1. The van der Waals surface area contributed by atoms with Gasteiger partial charge in [-0.15, -0.1) is 0 Å². The molecule has 0 aromatic heterocycles. The Morgan fingerprint density at radius 2 is 1.97 bits per heavy atom. The lowest BCUT2D eigenvalue weighted by atomic mass is 9.85. The van der Waals surface area contributed by atoms with E-state index in [1.165, 1.54) is 5.56 Å². The summed E-state index contributed by atoms with van der Waals surface area (Å²) in [5.41, 5.74) is 6.01. The van der Waals surface area contributed by atoms with E-state index >= 15 is 0 Å². The van der Waals surface area contributed by atoms with E-state index in [4.69, 9.17) is 9.84 Å². The smallest absolute Gasteiger partial charge is 0.303 e. The Labute approximate surface area is 223 Å². The van der Waals surface area contributed by atoms with Crippen molar-refractivity contribution in [1.82, 2.24) is 0 Å². The highest BCUT2D eigenvalue weighted by atomic mass is 16.5. The summed E-state index contributed by atoms with van der Waals surface area (Å²) in [5.74, 6) is 0.583. The summed E-state index contributed by atoms with van der Waals surface area (Å²) in [6.07, 6.45) is 3.37. The standard InChI is InChI=1S/C32H34N2O4/c1-31(2,37)25-7-3-6-23(16-25)24-11-12-29-27(17-24)32(13-14-38-29)18-26(32)20-34-28-15-21(19-33)9-10-22(28)5-4-8-30(35)36/h3,6-7,9-12,15-17,26,34,37H,4-5,8,13-14,18,20H2,1-2H3,(H,35,36)/t26-,32+/m0/s1. The van der Waals surface area contributed by atoms with Crippen LogP contribution in [0, 0.1) is 17.2 Å². The maximum absolute atomic E-state index is 11.0. The lowest BCUT2D eigenvalue weighted by Crippen LogP contribution is -2.24. The molecule has 3 N–H and O–H groups in total. The molecule has 196 valence electrons. The number of hydrogen-bond acceptors (Lipinski definition) is 5. The summed E-state index contributed by atoms with van der Waals surface area (Å²) < 4.78 is 6.05. The van der Waals surface area contributed by atoms with Crippen LogP contribution in [0.5, 0.6) is 5.75 Å². The minimum absolute atomic E-state index is 0.0563. The summed E-state index contributed by atoms with van der Waals surface area (Å²) in [7, 11) is 0. The molecule has 2 aliphatic rings. The Morgan fingerprint density at radius 1 is 1.16 bits per heavy atom. The molecule has 3 aromatic carbocycles. The maximum Gasteiger partial charge on any atom is 0.303 e. The van der Waals surface area contributed by atoms with Gasteiger partial charge in [-0.2, -0.15) is 5.26 Å². The van der Waals surface area contributed by atoms with Gasteiger partial charge in [-0.25, -0.2) is 0 Å². The third-order valence-corrected chi connectivity index (χ3v) is 8.07. The number of nitriles is 1. The Hall–Kier alpha value is -3.82. The molecule has 2 atom stereocenters. The highest BCUT2D eigenvalue weighted by Crippen LogP contribution is 2.61. The van der Waals surface area contributed by atoms with Crippen LogP contribution >= 0.6 is 0 Å². The van der Waals surface area contributed by atoms with Gasteiger partial charge in [-0.1, -0.05) is 30.3 Å². The van der Waals surface area contributed by atoms with Gasteiger partial charge in [0.1, 0.15) is 5.75 Å². The predicted octanol–water partition coefficient (Wildman–Crippen LogP) is 6.01. The van der Waals surface area contributed by atoms with Crippen molar-refractivity contribution in [2.75, 3.05) is 18.5 Å². The molecule has 0 saturated heterocycles. The SMILES string of the molecule is CC(C)(O)c1cccc(-c2ccc3c(c2)[C@]2(CCO3)C[C@H]2CNc2cc(C#N)ccc2CCCC(=O)O)c1. The van der Waals surface area contributed by atoms with Gasteiger partial charge in [0.25, 0.3) is 0 Å². The van der Waals surface area contributed by atoms with E-state index in [2.05, 4.69) is 41.7 Å². The van der Waals surface area contributed by atoms with Crippen molar-refractivity contribution >= 4 is 11.7 Å². The summed E-state index contributed by atoms with van der Waals surface area (Å²) in [6.45, 7) is 5.07. The molecule has 1 spiro atoms. The molecule has 5 rings (SSSR count). The quantitative estimate of drug-likeness (QED) is 0.326. The highest BCUT2D eigenvalue weighted by Gasteiger charge is 2.57. The van der Waals surface area contributed by atoms with Crippen molar-refractivity contribution in [2.24, 2.45) is 5.92 Å². The number of ether oxygens (including phenoxy) is 1. The fourth-order valence-electron chi connectivity index (χ4n) is 5.76. The number of benzene rings is 3. The molecule has 6 nitrogen and oxygen atoms in total. The number of rotatable bonds is 9. The summed E-state index contributed by atoms with van der Waals surface area (Å²) >= 11 is 0. The number of nitrogens with one attached hydrogen (secondary N) is 1. The van der Waals surface area contributed by atoms with Crippen LogP contribution in [0.15, 0.2) is 60.7 Å². The Balaban J connectivity index is 1.36. The number of aryl methyl sites for hydroxylation is 1. The van der Waals surface area contributed by atoms with Crippen molar-refractivity contribution in [3.63, 3.8) is 0 Å². The van der Waals surface area contributed by atoms with E-state index in [9.17, 15) is 15.2 Å². The van der Waals surface area contributed by atoms with Crippen molar-refractivity contribution in [3.05, 3.63) is 82.9 Å². The normalized spacial score (nSPS) is 19.8. The number of anilines is 1. The molecule has 1 fully saturated rings. The van der Waals surface area contributed by atoms with Gasteiger partial charge in [0, 0.05) is 29.6 Å². The zero-order valence-corrected chi connectivity index (χ0v) is 22.0. The Kier molecular flexibility index (Phi) is 6.90. The predicted molar refractivity (Wildman–Crippen MR) is 147 cm³/mol. The average Bonchev–Trinajstić information content (AvgIpc) is 3.60. The first-order valence-corrected chi connectivity index (χ1v) is 13.3. The van der Waals surface area contributed by atoms with Gasteiger partial charge in [0.2, 0.25) is 0 Å². The molecule has 0 bridgehead atoms. The summed E-state index contributed by atoms with van der Waals surface area (Å²) in [5, 5.41) is 32.5. The van der Waals surface area contributed by atoms with Gasteiger partial charge in [0.05, 0.1) is 23.8 Å². The Bertz CT molecular complexity index is 1400. The average molecular weight is 511 g/mol. The third kappa shape index (κ3) is 5.25. The molecule has 1 heterocycles. The van der Waals surface area contributed by atoms with Crippen LogP contribution in [-0.4, -0.2) is 29.3 Å². The molecular formula is C32H34N2O4.